The summed E-state index contributed by atoms with van der Waals surface area (Å²) in [4.78, 5) is 16.2. The predicted molar refractivity (Wildman–Crippen MR) is 54.8 cm³/mol. The number of aromatic carboxylic acids is 1. The molecule has 1 heterocycles. The van der Waals surface area contributed by atoms with Gasteiger partial charge in [-0.25, -0.2) is 4.79 Å². The molecule has 0 aliphatic heterocycles. The van der Waals surface area contributed by atoms with Gasteiger partial charge in [0.25, 0.3) is 6.01 Å². The van der Waals surface area contributed by atoms with E-state index >= 15 is 0 Å². The number of hydrogen-bond donors (Lipinski definition) is 1. The lowest BCUT2D eigenvalue weighted by molar-refractivity contribution is 0.0690. The Bertz CT molecular complexity index is 378. The van der Waals surface area contributed by atoms with E-state index in [4.69, 9.17) is 15.9 Å². The second kappa shape index (κ2) is 5.05. The van der Waals surface area contributed by atoms with Crippen LogP contribution in [0.5, 0.6) is 0 Å². The summed E-state index contributed by atoms with van der Waals surface area (Å²) in [5.41, 5.74) is -0.0934. The fraction of sp³-hybridized carbons (Fsp3) is 0.400. The van der Waals surface area contributed by atoms with Crippen molar-refractivity contribution >= 4 is 12.0 Å². The van der Waals surface area contributed by atoms with Crippen LogP contribution in [0.4, 0.5) is 6.01 Å². The Morgan fingerprint density at radius 1 is 1.80 bits per heavy atom. The molecule has 1 rings (SSSR count). The summed E-state index contributed by atoms with van der Waals surface area (Å²) < 4.78 is 5.04. The van der Waals surface area contributed by atoms with E-state index in [1.807, 2.05) is 6.92 Å². The Morgan fingerprint density at radius 3 is 3.00 bits per heavy atom. The summed E-state index contributed by atoms with van der Waals surface area (Å²) >= 11 is 0. The molecular formula is C10H12N2O3. The first-order valence-corrected chi connectivity index (χ1v) is 4.56. The maximum Gasteiger partial charge on any atom is 0.357 e. The van der Waals surface area contributed by atoms with E-state index in [2.05, 4.69) is 10.9 Å². The molecular weight excluding hydrogens is 196 g/mol. The third kappa shape index (κ3) is 2.74. The van der Waals surface area contributed by atoms with Crippen LogP contribution < -0.4 is 4.90 Å². The maximum absolute atomic E-state index is 10.6. The summed E-state index contributed by atoms with van der Waals surface area (Å²) in [6.45, 7) is 3.19. The van der Waals surface area contributed by atoms with Crippen molar-refractivity contribution in [1.29, 1.82) is 0 Å². The molecule has 0 fully saturated rings. The van der Waals surface area contributed by atoms with E-state index in [9.17, 15) is 4.79 Å². The van der Waals surface area contributed by atoms with Gasteiger partial charge in [-0.2, -0.15) is 4.98 Å². The van der Waals surface area contributed by atoms with Crippen molar-refractivity contribution in [2.75, 3.05) is 18.0 Å². The van der Waals surface area contributed by atoms with Crippen molar-refractivity contribution in [3.8, 4) is 12.3 Å². The molecule has 0 aromatic carbocycles. The first kappa shape index (κ1) is 11.1. The molecule has 0 radical (unpaired) electrons. The van der Waals surface area contributed by atoms with Gasteiger partial charge in [0.1, 0.15) is 6.26 Å². The number of aromatic nitrogens is 1. The SMILES string of the molecule is C#CCCN(CC)c1nc(C(=O)O)co1. The minimum atomic E-state index is -1.10. The third-order valence-corrected chi connectivity index (χ3v) is 1.89. The molecule has 0 spiro atoms. The molecule has 0 aliphatic carbocycles. The molecule has 0 atom stereocenters. The smallest absolute Gasteiger partial charge is 0.357 e. The Labute approximate surface area is 87.7 Å². The minimum Gasteiger partial charge on any atom is -0.476 e. The van der Waals surface area contributed by atoms with Gasteiger partial charge in [-0.3, -0.25) is 0 Å². The number of rotatable bonds is 5. The topological polar surface area (TPSA) is 66.6 Å². The van der Waals surface area contributed by atoms with Crippen LogP contribution in [-0.2, 0) is 0 Å². The van der Waals surface area contributed by atoms with Crippen LogP contribution in [-0.4, -0.2) is 29.1 Å². The van der Waals surface area contributed by atoms with Gasteiger partial charge in [0.05, 0.1) is 0 Å². The van der Waals surface area contributed by atoms with Gasteiger partial charge in [-0.05, 0) is 6.92 Å². The number of carboxylic acids is 1. The number of carbonyl (C=O) groups is 1. The molecule has 15 heavy (non-hydrogen) atoms. The molecule has 1 N–H and O–H groups in total. The molecule has 0 aliphatic rings. The van der Waals surface area contributed by atoms with Crippen LogP contribution in [0.3, 0.4) is 0 Å². The standard InChI is InChI=1S/C10H12N2O3/c1-3-5-6-12(4-2)10-11-8(7-15-10)9(13)14/h1,7H,4-6H2,2H3,(H,13,14). The predicted octanol–water partition coefficient (Wildman–Crippen LogP) is 1.22. The van der Waals surface area contributed by atoms with Crippen LogP contribution in [0.25, 0.3) is 0 Å². The quantitative estimate of drug-likeness (QED) is 0.737. The van der Waals surface area contributed by atoms with Gasteiger partial charge in [0.15, 0.2) is 5.69 Å². The Balaban J connectivity index is 2.74. The molecule has 0 saturated carbocycles. The van der Waals surface area contributed by atoms with Gasteiger partial charge in [-0.15, -0.1) is 12.3 Å². The summed E-state index contributed by atoms with van der Waals surface area (Å²) in [5, 5.41) is 8.66. The highest BCUT2D eigenvalue weighted by Crippen LogP contribution is 2.13. The van der Waals surface area contributed by atoms with E-state index < -0.39 is 5.97 Å². The lowest BCUT2D eigenvalue weighted by Crippen LogP contribution is -2.24. The number of oxazole rings is 1. The molecule has 1 aromatic rings. The van der Waals surface area contributed by atoms with Crippen molar-refractivity contribution in [3.63, 3.8) is 0 Å². The average molecular weight is 208 g/mol. The average Bonchev–Trinajstić information content (AvgIpc) is 2.68. The highest BCUT2D eigenvalue weighted by Gasteiger charge is 2.14. The zero-order chi connectivity index (χ0) is 11.3. The van der Waals surface area contributed by atoms with Crippen LogP contribution in [0, 0.1) is 12.3 Å². The molecule has 0 bridgehead atoms. The van der Waals surface area contributed by atoms with Gasteiger partial charge in [0.2, 0.25) is 0 Å². The molecule has 0 amide bonds. The molecule has 0 unspecified atom stereocenters. The summed E-state index contributed by atoms with van der Waals surface area (Å²) in [6, 6.07) is 0.296. The van der Waals surface area contributed by atoms with E-state index in [0.29, 0.717) is 25.5 Å². The normalized spacial score (nSPS) is 9.60. The first-order valence-electron chi connectivity index (χ1n) is 4.56. The summed E-state index contributed by atoms with van der Waals surface area (Å²) in [7, 11) is 0. The van der Waals surface area contributed by atoms with Gasteiger partial charge in [-0.1, -0.05) is 0 Å². The molecule has 5 nitrogen and oxygen atoms in total. The van der Waals surface area contributed by atoms with E-state index in [1.165, 1.54) is 0 Å². The summed E-state index contributed by atoms with van der Waals surface area (Å²) in [6.07, 6.45) is 6.83. The van der Waals surface area contributed by atoms with Crippen molar-refractivity contribution in [3.05, 3.63) is 12.0 Å². The number of nitrogens with zero attached hydrogens (tertiary/aromatic N) is 2. The Kier molecular flexibility index (Phi) is 3.75. The van der Waals surface area contributed by atoms with Gasteiger partial charge < -0.3 is 14.4 Å². The minimum absolute atomic E-state index is 0.0934. The lowest BCUT2D eigenvalue weighted by Gasteiger charge is -2.16. The van der Waals surface area contributed by atoms with Crippen LogP contribution in [0.1, 0.15) is 23.8 Å². The fourth-order valence-electron chi connectivity index (χ4n) is 1.10. The van der Waals surface area contributed by atoms with Crippen molar-refractivity contribution < 1.29 is 14.3 Å². The van der Waals surface area contributed by atoms with Gasteiger partial charge in [0, 0.05) is 19.5 Å². The molecule has 0 saturated heterocycles. The summed E-state index contributed by atoms with van der Waals surface area (Å²) in [5.74, 6) is 1.41. The highest BCUT2D eigenvalue weighted by molar-refractivity contribution is 5.85. The van der Waals surface area contributed by atoms with Crippen LogP contribution >= 0.6 is 0 Å². The van der Waals surface area contributed by atoms with E-state index in [-0.39, 0.29) is 5.69 Å². The number of hydrogen-bond acceptors (Lipinski definition) is 4. The van der Waals surface area contributed by atoms with Crippen molar-refractivity contribution in [2.24, 2.45) is 0 Å². The highest BCUT2D eigenvalue weighted by atomic mass is 16.4. The molecule has 1 aromatic heterocycles. The van der Waals surface area contributed by atoms with Gasteiger partial charge >= 0.3 is 5.97 Å². The van der Waals surface area contributed by atoms with Crippen LogP contribution in [0.2, 0.25) is 0 Å². The number of terminal acetylenes is 1. The van der Waals surface area contributed by atoms with E-state index in [0.717, 1.165) is 6.26 Å². The maximum atomic E-state index is 10.6. The second-order valence-electron chi connectivity index (χ2n) is 2.85. The van der Waals surface area contributed by atoms with E-state index in [1.54, 1.807) is 4.90 Å². The lowest BCUT2D eigenvalue weighted by atomic mass is 10.4. The fourth-order valence-corrected chi connectivity index (χ4v) is 1.10. The second-order valence-corrected chi connectivity index (χ2v) is 2.85. The number of carboxylic acid groups (broad SMARTS) is 1. The Morgan fingerprint density at radius 2 is 2.53 bits per heavy atom. The zero-order valence-electron chi connectivity index (χ0n) is 8.43. The van der Waals surface area contributed by atoms with Crippen molar-refractivity contribution in [2.45, 2.75) is 13.3 Å². The zero-order valence-corrected chi connectivity index (χ0v) is 8.43. The third-order valence-electron chi connectivity index (χ3n) is 1.89. The monoisotopic (exact) mass is 208 g/mol. The largest absolute Gasteiger partial charge is 0.476 e. The molecule has 80 valence electrons. The first-order chi connectivity index (χ1) is 7.19. The molecule has 5 heteroatoms. The van der Waals surface area contributed by atoms with Crippen LogP contribution in [0.15, 0.2) is 10.7 Å². The Hall–Kier alpha value is -1.96. The van der Waals surface area contributed by atoms with Crippen molar-refractivity contribution in [1.82, 2.24) is 4.98 Å². The number of anilines is 1.